The average molecular weight is 448 g/mol. The Balaban J connectivity index is 1.36. The number of aryl methyl sites for hydroxylation is 1. The number of hydrogen-bond donors (Lipinski definition) is 1. The number of benzene rings is 2. The highest BCUT2D eigenvalue weighted by molar-refractivity contribution is 7.99. The molecule has 0 bridgehead atoms. The highest BCUT2D eigenvalue weighted by Crippen LogP contribution is 2.24. The summed E-state index contributed by atoms with van der Waals surface area (Å²) in [4.78, 5) is 16.5. The van der Waals surface area contributed by atoms with Crippen LogP contribution in [0.3, 0.4) is 0 Å². The summed E-state index contributed by atoms with van der Waals surface area (Å²) in [5.41, 5.74) is 4.35. The molecule has 0 saturated carbocycles. The summed E-state index contributed by atoms with van der Waals surface area (Å²) in [6, 6.07) is 16.2. The molecule has 0 atom stereocenters. The predicted octanol–water partition coefficient (Wildman–Crippen LogP) is 3.32. The van der Waals surface area contributed by atoms with Crippen molar-refractivity contribution in [2.24, 2.45) is 0 Å². The number of aromatic nitrogens is 6. The summed E-state index contributed by atoms with van der Waals surface area (Å²) in [7, 11) is 0. The zero-order valence-electron chi connectivity index (χ0n) is 18.1. The molecule has 0 aliphatic heterocycles. The second-order valence-electron chi connectivity index (χ2n) is 7.35. The van der Waals surface area contributed by atoms with Crippen LogP contribution in [-0.2, 0) is 24.4 Å². The van der Waals surface area contributed by atoms with Gasteiger partial charge in [0.2, 0.25) is 5.91 Å². The zero-order valence-corrected chi connectivity index (χ0v) is 18.9. The lowest BCUT2D eigenvalue weighted by Crippen LogP contribution is -2.25. The van der Waals surface area contributed by atoms with Crippen molar-refractivity contribution >= 4 is 17.7 Å². The summed E-state index contributed by atoms with van der Waals surface area (Å²) in [5.74, 6) is 1.05. The lowest BCUT2D eigenvalue weighted by atomic mass is 10.1. The monoisotopic (exact) mass is 447 g/mol. The SMILES string of the molecule is CCn1c(SCC(=O)NCc2ccccc2Cn2cncn2)nnc1-c1cccc(C)c1. The van der Waals surface area contributed by atoms with Crippen molar-refractivity contribution in [1.29, 1.82) is 0 Å². The molecule has 2 aromatic heterocycles. The number of nitrogens with zero attached hydrogens (tertiary/aromatic N) is 6. The van der Waals surface area contributed by atoms with Crippen LogP contribution >= 0.6 is 11.8 Å². The van der Waals surface area contributed by atoms with Gasteiger partial charge in [0.1, 0.15) is 12.7 Å². The molecule has 2 aromatic carbocycles. The minimum atomic E-state index is -0.0479. The first-order valence-electron chi connectivity index (χ1n) is 10.4. The molecule has 32 heavy (non-hydrogen) atoms. The van der Waals surface area contributed by atoms with Crippen LogP contribution in [0.25, 0.3) is 11.4 Å². The minimum Gasteiger partial charge on any atom is -0.351 e. The van der Waals surface area contributed by atoms with Crippen LogP contribution in [0.15, 0.2) is 66.3 Å². The van der Waals surface area contributed by atoms with E-state index in [1.165, 1.54) is 23.7 Å². The molecule has 2 heterocycles. The lowest BCUT2D eigenvalue weighted by Gasteiger charge is -2.11. The van der Waals surface area contributed by atoms with Crippen molar-refractivity contribution in [3.63, 3.8) is 0 Å². The Morgan fingerprint density at radius 3 is 2.69 bits per heavy atom. The molecule has 0 aliphatic carbocycles. The van der Waals surface area contributed by atoms with Gasteiger partial charge in [-0.25, -0.2) is 9.67 Å². The van der Waals surface area contributed by atoms with E-state index < -0.39 is 0 Å². The molecule has 0 unspecified atom stereocenters. The smallest absolute Gasteiger partial charge is 0.230 e. The molecule has 1 N–H and O–H groups in total. The number of rotatable bonds is 9. The summed E-state index contributed by atoms with van der Waals surface area (Å²) < 4.78 is 3.81. The van der Waals surface area contributed by atoms with Gasteiger partial charge in [0.15, 0.2) is 11.0 Å². The second kappa shape index (κ2) is 10.2. The van der Waals surface area contributed by atoms with Gasteiger partial charge in [0.25, 0.3) is 0 Å². The van der Waals surface area contributed by atoms with Gasteiger partial charge in [0, 0.05) is 18.7 Å². The molecule has 0 fully saturated rings. The van der Waals surface area contributed by atoms with Crippen LogP contribution < -0.4 is 5.32 Å². The number of nitrogens with one attached hydrogen (secondary N) is 1. The van der Waals surface area contributed by atoms with Crippen LogP contribution in [0.4, 0.5) is 0 Å². The molecule has 0 saturated heterocycles. The maximum absolute atomic E-state index is 12.5. The number of carbonyl (C=O) groups is 1. The van der Waals surface area contributed by atoms with Crippen molar-refractivity contribution in [1.82, 2.24) is 34.8 Å². The van der Waals surface area contributed by atoms with Crippen LogP contribution in [0.5, 0.6) is 0 Å². The van der Waals surface area contributed by atoms with Crippen LogP contribution in [0.1, 0.15) is 23.6 Å². The Kier molecular flexibility index (Phi) is 6.96. The number of amides is 1. The van der Waals surface area contributed by atoms with E-state index in [-0.39, 0.29) is 11.7 Å². The standard InChI is InChI=1S/C23H25N7OS/c1-3-30-22(18-10-6-7-17(2)11-18)27-28-23(30)32-14-21(31)25-12-19-8-4-5-9-20(19)13-29-16-24-15-26-29/h4-11,15-16H,3,12-14H2,1-2H3,(H,25,31). The molecular formula is C23H25N7OS. The summed E-state index contributed by atoms with van der Waals surface area (Å²) >= 11 is 1.40. The maximum Gasteiger partial charge on any atom is 0.230 e. The van der Waals surface area contributed by atoms with Gasteiger partial charge < -0.3 is 9.88 Å². The fourth-order valence-corrected chi connectivity index (χ4v) is 4.26. The second-order valence-corrected chi connectivity index (χ2v) is 8.29. The Morgan fingerprint density at radius 1 is 1.09 bits per heavy atom. The number of thioether (sulfide) groups is 1. The van der Waals surface area contributed by atoms with E-state index in [4.69, 9.17) is 0 Å². The first-order valence-corrected chi connectivity index (χ1v) is 11.4. The van der Waals surface area contributed by atoms with Gasteiger partial charge >= 0.3 is 0 Å². The van der Waals surface area contributed by atoms with E-state index >= 15 is 0 Å². The average Bonchev–Trinajstić information content (AvgIpc) is 3.46. The van der Waals surface area contributed by atoms with E-state index in [0.717, 1.165) is 34.2 Å². The van der Waals surface area contributed by atoms with Crippen molar-refractivity contribution in [2.75, 3.05) is 5.75 Å². The van der Waals surface area contributed by atoms with Gasteiger partial charge in [-0.2, -0.15) is 5.10 Å². The first-order chi connectivity index (χ1) is 15.6. The maximum atomic E-state index is 12.5. The largest absolute Gasteiger partial charge is 0.351 e. The predicted molar refractivity (Wildman–Crippen MR) is 124 cm³/mol. The van der Waals surface area contributed by atoms with Crippen molar-refractivity contribution < 1.29 is 4.79 Å². The Labute approximate surface area is 191 Å². The molecule has 0 aliphatic rings. The third-order valence-corrected chi connectivity index (χ3v) is 6.00. The van der Waals surface area contributed by atoms with Crippen LogP contribution in [-0.4, -0.2) is 41.2 Å². The molecule has 4 rings (SSSR count). The van der Waals surface area contributed by atoms with Gasteiger partial charge in [0.05, 0.1) is 12.3 Å². The van der Waals surface area contributed by atoms with E-state index in [1.807, 2.05) is 41.0 Å². The third-order valence-electron chi connectivity index (χ3n) is 5.04. The lowest BCUT2D eigenvalue weighted by molar-refractivity contribution is -0.118. The number of hydrogen-bond acceptors (Lipinski definition) is 6. The third kappa shape index (κ3) is 5.23. The topological polar surface area (TPSA) is 90.5 Å². The van der Waals surface area contributed by atoms with Crippen molar-refractivity contribution in [2.45, 2.75) is 38.6 Å². The zero-order chi connectivity index (χ0) is 22.3. The van der Waals surface area contributed by atoms with Gasteiger partial charge in [-0.05, 0) is 31.0 Å². The van der Waals surface area contributed by atoms with E-state index in [2.05, 4.69) is 51.6 Å². The van der Waals surface area contributed by atoms with Gasteiger partial charge in [-0.1, -0.05) is 59.8 Å². The van der Waals surface area contributed by atoms with Crippen LogP contribution in [0, 0.1) is 6.92 Å². The van der Waals surface area contributed by atoms with Gasteiger partial charge in [-0.3, -0.25) is 4.79 Å². The molecule has 4 aromatic rings. The van der Waals surface area contributed by atoms with Crippen molar-refractivity contribution in [3.8, 4) is 11.4 Å². The summed E-state index contributed by atoms with van der Waals surface area (Å²) in [5, 5.41) is 16.6. The Morgan fingerprint density at radius 2 is 1.94 bits per heavy atom. The molecule has 8 nitrogen and oxygen atoms in total. The van der Waals surface area contributed by atoms with E-state index in [1.54, 1.807) is 11.0 Å². The van der Waals surface area contributed by atoms with E-state index in [9.17, 15) is 4.79 Å². The normalized spacial score (nSPS) is 10.9. The highest BCUT2D eigenvalue weighted by atomic mass is 32.2. The minimum absolute atomic E-state index is 0.0479. The molecule has 164 valence electrons. The van der Waals surface area contributed by atoms with Gasteiger partial charge in [-0.15, -0.1) is 10.2 Å². The molecule has 0 radical (unpaired) electrons. The Bertz CT molecular complexity index is 1190. The molecule has 9 heteroatoms. The summed E-state index contributed by atoms with van der Waals surface area (Å²) in [6.07, 6.45) is 3.20. The molecule has 0 spiro atoms. The highest BCUT2D eigenvalue weighted by Gasteiger charge is 2.15. The Hall–Kier alpha value is -3.46. The number of carbonyl (C=O) groups excluding carboxylic acids is 1. The summed E-state index contributed by atoms with van der Waals surface area (Å²) in [6.45, 7) is 5.91. The molecular weight excluding hydrogens is 422 g/mol. The van der Waals surface area contributed by atoms with Crippen molar-refractivity contribution in [3.05, 3.63) is 77.9 Å². The van der Waals surface area contributed by atoms with Crippen LogP contribution in [0.2, 0.25) is 0 Å². The van der Waals surface area contributed by atoms with E-state index in [0.29, 0.717) is 13.1 Å². The fourth-order valence-electron chi connectivity index (χ4n) is 3.43. The fraction of sp³-hybridized carbons (Fsp3) is 0.261. The molecule has 1 amide bonds. The first kappa shape index (κ1) is 21.8. The quantitative estimate of drug-likeness (QED) is 0.396.